The van der Waals surface area contributed by atoms with Crippen molar-refractivity contribution in [2.45, 2.75) is 26.2 Å². The molecule has 2 rings (SSSR count). The second kappa shape index (κ2) is 8.53. The van der Waals surface area contributed by atoms with Crippen LogP contribution in [0.2, 0.25) is 0 Å². The summed E-state index contributed by atoms with van der Waals surface area (Å²) in [6.45, 7) is 4.50. The van der Waals surface area contributed by atoms with Crippen LogP contribution in [0.5, 0.6) is 11.5 Å². The van der Waals surface area contributed by atoms with E-state index in [4.69, 9.17) is 9.47 Å². The maximum absolute atomic E-state index is 12.0. The van der Waals surface area contributed by atoms with Gasteiger partial charge in [0.2, 0.25) is 0 Å². The zero-order valence-corrected chi connectivity index (χ0v) is 14.1. The molecule has 1 aromatic rings. The van der Waals surface area contributed by atoms with Crippen LogP contribution in [-0.2, 0) is 4.79 Å². The number of carbonyl (C=O) groups excluding carboxylic acids is 1. The number of rotatable bonds is 6. The van der Waals surface area contributed by atoms with Crippen molar-refractivity contribution >= 4 is 11.6 Å². The number of ether oxygens (including phenoxy) is 2. The summed E-state index contributed by atoms with van der Waals surface area (Å²) in [5, 5.41) is 4.20. The second-order valence-electron chi connectivity index (χ2n) is 5.79. The summed E-state index contributed by atoms with van der Waals surface area (Å²) >= 11 is 0. The molecule has 6 nitrogen and oxygen atoms in total. The molecule has 1 amide bonds. The molecule has 0 aliphatic carbocycles. The summed E-state index contributed by atoms with van der Waals surface area (Å²) in [5.74, 6) is 1.27. The normalized spacial score (nSPS) is 16.0. The van der Waals surface area contributed by atoms with E-state index in [0.717, 1.165) is 24.4 Å². The van der Waals surface area contributed by atoms with Crippen LogP contribution in [-0.4, -0.2) is 45.5 Å². The van der Waals surface area contributed by atoms with Crippen molar-refractivity contribution in [1.29, 1.82) is 0 Å². The lowest BCUT2D eigenvalue weighted by Gasteiger charge is -2.22. The Hall–Kier alpha value is -2.08. The molecular formula is C17H26N3O3+. The summed E-state index contributed by atoms with van der Waals surface area (Å²) in [6, 6.07) is 5.56. The van der Waals surface area contributed by atoms with E-state index in [1.54, 1.807) is 14.2 Å². The van der Waals surface area contributed by atoms with E-state index in [-0.39, 0.29) is 5.91 Å². The lowest BCUT2D eigenvalue weighted by atomic mass is 10.1. The van der Waals surface area contributed by atoms with Gasteiger partial charge in [-0.25, -0.2) is 5.43 Å². The molecule has 0 radical (unpaired) electrons. The smallest absolute Gasteiger partial charge is 0.295 e. The van der Waals surface area contributed by atoms with Crippen LogP contribution in [0.1, 0.15) is 31.7 Å². The average molecular weight is 320 g/mol. The quantitative estimate of drug-likeness (QED) is 0.596. The summed E-state index contributed by atoms with van der Waals surface area (Å²) < 4.78 is 10.5. The predicted octanol–water partition coefficient (Wildman–Crippen LogP) is 0.613. The van der Waals surface area contributed by atoms with Gasteiger partial charge in [0.1, 0.15) is 0 Å². The number of nitrogens with zero attached hydrogens (tertiary/aromatic N) is 1. The Bertz CT molecular complexity index is 566. The number of benzene rings is 1. The minimum absolute atomic E-state index is 0.0401. The average Bonchev–Trinajstić information content (AvgIpc) is 2.59. The molecule has 1 heterocycles. The molecule has 0 unspecified atom stereocenters. The van der Waals surface area contributed by atoms with Crippen molar-refractivity contribution in [3.05, 3.63) is 23.8 Å². The first kappa shape index (κ1) is 17.3. The highest BCUT2D eigenvalue weighted by molar-refractivity contribution is 5.99. The van der Waals surface area contributed by atoms with Gasteiger partial charge in [0.15, 0.2) is 18.0 Å². The van der Waals surface area contributed by atoms with Gasteiger partial charge >= 0.3 is 0 Å². The molecule has 1 saturated heterocycles. The van der Waals surface area contributed by atoms with Crippen LogP contribution < -0.4 is 19.8 Å². The summed E-state index contributed by atoms with van der Waals surface area (Å²) in [4.78, 5) is 13.3. The number of nitrogens with one attached hydrogen (secondary N) is 2. The second-order valence-corrected chi connectivity index (χ2v) is 5.79. The first-order valence-corrected chi connectivity index (χ1v) is 8.03. The van der Waals surface area contributed by atoms with Gasteiger partial charge in [-0.3, -0.25) is 4.79 Å². The van der Waals surface area contributed by atoms with E-state index in [0.29, 0.717) is 18.0 Å². The Morgan fingerprint density at radius 3 is 2.52 bits per heavy atom. The van der Waals surface area contributed by atoms with Gasteiger partial charge in [-0.1, -0.05) is 0 Å². The summed E-state index contributed by atoms with van der Waals surface area (Å²) in [5.41, 5.74) is 4.26. The van der Waals surface area contributed by atoms with Gasteiger partial charge in [-0.05, 0) is 44.4 Å². The van der Waals surface area contributed by atoms with E-state index >= 15 is 0 Å². The number of amides is 1. The van der Waals surface area contributed by atoms with E-state index < -0.39 is 0 Å². The zero-order valence-electron chi connectivity index (χ0n) is 14.1. The first-order chi connectivity index (χ1) is 11.1. The third-order valence-corrected chi connectivity index (χ3v) is 4.12. The molecule has 1 fully saturated rings. The standard InChI is InChI=1S/C17H25N3O3/c1-13(14-7-8-15(22-2)16(11-14)23-3)18-19-17(21)12-20-9-5-4-6-10-20/h7-8,11H,4-6,9-10,12H2,1-3H3,(H,19,21)/p+1/b18-13-. The van der Waals surface area contributed by atoms with Crippen molar-refractivity contribution in [3.63, 3.8) is 0 Å². The van der Waals surface area contributed by atoms with E-state index in [1.165, 1.54) is 24.2 Å². The lowest BCUT2D eigenvalue weighted by molar-refractivity contribution is -0.896. The van der Waals surface area contributed by atoms with Gasteiger partial charge in [-0.2, -0.15) is 5.10 Å². The molecule has 0 atom stereocenters. The van der Waals surface area contributed by atoms with E-state index in [9.17, 15) is 4.79 Å². The maximum Gasteiger partial charge on any atom is 0.295 e. The number of hydrazone groups is 1. The lowest BCUT2D eigenvalue weighted by Crippen LogP contribution is -3.13. The van der Waals surface area contributed by atoms with Gasteiger partial charge in [0, 0.05) is 5.56 Å². The zero-order chi connectivity index (χ0) is 16.7. The van der Waals surface area contributed by atoms with Gasteiger partial charge in [0.05, 0.1) is 33.0 Å². The minimum Gasteiger partial charge on any atom is -0.493 e. The molecule has 6 heteroatoms. The number of hydrogen-bond acceptors (Lipinski definition) is 4. The Kier molecular flexibility index (Phi) is 6.40. The Balaban J connectivity index is 1.94. The molecule has 0 aromatic heterocycles. The highest BCUT2D eigenvalue weighted by Crippen LogP contribution is 2.27. The highest BCUT2D eigenvalue weighted by atomic mass is 16.5. The Morgan fingerprint density at radius 2 is 1.87 bits per heavy atom. The molecule has 1 aliphatic rings. The molecule has 1 aromatic carbocycles. The third kappa shape index (κ3) is 4.96. The van der Waals surface area contributed by atoms with E-state index in [1.807, 2.05) is 25.1 Å². The summed E-state index contributed by atoms with van der Waals surface area (Å²) in [6.07, 6.45) is 3.69. The number of hydrogen-bond donors (Lipinski definition) is 2. The third-order valence-electron chi connectivity index (χ3n) is 4.12. The summed E-state index contributed by atoms with van der Waals surface area (Å²) in [7, 11) is 3.19. The van der Waals surface area contributed by atoms with Crippen LogP contribution in [0, 0.1) is 0 Å². The van der Waals surface area contributed by atoms with Gasteiger partial charge in [-0.15, -0.1) is 0 Å². The molecule has 2 N–H and O–H groups in total. The van der Waals surface area contributed by atoms with E-state index in [2.05, 4.69) is 10.5 Å². The van der Waals surface area contributed by atoms with Crippen molar-refractivity contribution in [1.82, 2.24) is 5.43 Å². The molecule has 0 saturated carbocycles. The van der Waals surface area contributed by atoms with Gasteiger partial charge in [0.25, 0.3) is 5.91 Å². The fourth-order valence-corrected chi connectivity index (χ4v) is 2.77. The SMILES string of the molecule is COc1ccc(/C(C)=N\NC(=O)C[NH+]2CCCCC2)cc1OC. The predicted molar refractivity (Wildman–Crippen MR) is 89.3 cm³/mol. The number of likely N-dealkylation sites (tertiary alicyclic amines) is 1. The Labute approximate surface area is 137 Å². The first-order valence-electron chi connectivity index (χ1n) is 8.03. The number of methoxy groups -OCH3 is 2. The highest BCUT2D eigenvalue weighted by Gasteiger charge is 2.17. The van der Waals surface area contributed by atoms with Gasteiger partial charge < -0.3 is 14.4 Å². The maximum atomic E-state index is 12.0. The van der Waals surface area contributed by atoms with Crippen molar-refractivity contribution in [2.75, 3.05) is 33.9 Å². The van der Waals surface area contributed by atoms with Crippen LogP contribution in [0.25, 0.3) is 0 Å². The van der Waals surface area contributed by atoms with Crippen LogP contribution in [0.15, 0.2) is 23.3 Å². The van der Waals surface area contributed by atoms with Crippen molar-refractivity contribution in [2.24, 2.45) is 5.10 Å². The van der Waals surface area contributed by atoms with Crippen LogP contribution >= 0.6 is 0 Å². The fraction of sp³-hybridized carbons (Fsp3) is 0.529. The topological polar surface area (TPSA) is 64.4 Å². The van der Waals surface area contributed by atoms with Crippen LogP contribution in [0.4, 0.5) is 0 Å². The molecule has 1 aliphatic heterocycles. The largest absolute Gasteiger partial charge is 0.493 e. The molecule has 0 spiro atoms. The number of carbonyl (C=O) groups is 1. The molecule has 126 valence electrons. The molecule has 0 bridgehead atoms. The number of piperidine rings is 1. The van der Waals surface area contributed by atoms with Crippen LogP contribution in [0.3, 0.4) is 0 Å². The number of quaternary nitrogens is 1. The molecular weight excluding hydrogens is 294 g/mol. The van der Waals surface area contributed by atoms with Crippen molar-refractivity contribution in [3.8, 4) is 11.5 Å². The molecule has 23 heavy (non-hydrogen) atoms. The monoisotopic (exact) mass is 320 g/mol. The van der Waals surface area contributed by atoms with Crippen molar-refractivity contribution < 1.29 is 19.2 Å². The fourth-order valence-electron chi connectivity index (χ4n) is 2.77. The minimum atomic E-state index is -0.0401. The Morgan fingerprint density at radius 1 is 1.17 bits per heavy atom.